The van der Waals surface area contributed by atoms with E-state index >= 15 is 0 Å². The van der Waals surface area contributed by atoms with Gasteiger partial charge in [0.1, 0.15) is 0 Å². The molecule has 5 nitrogen and oxygen atoms in total. The smallest absolute Gasteiger partial charge is 0.283 e. The van der Waals surface area contributed by atoms with Gasteiger partial charge in [-0.1, -0.05) is 6.07 Å². The number of ether oxygens (including phenoxy) is 1. The van der Waals surface area contributed by atoms with Gasteiger partial charge in [0.15, 0.2) is 0 Å². The van der Waals surface area contributed by atoms with Gasteiger partial charge in [-0.05, 0) is 41.4 Å². The molecule has 0 atom stereocenters. The zero-order valence-electron chi connectivity index (χ0n) is 11.1. The van der Waals surface area contributed by atoms with Crippen LogP contribution in [0.15, 0.2) is 22.7 Å². The van der Waals surface area contributed by atoms with Crippen molar-refractivity contribution in [1.29, 1.82) is 0 Å². The Morgan fingerprint density at radius 1 is 1.53 bits per heavy atom. The number of rotatable bonds is 3. The van der Waals surface area contributed by atoms with E-state index in [4.69, 9.17) is 4.74 Å². The summed E-state index contributed by atoms with van der Waals surface area (Å²) in [5.41, 5.74) is 1.02. The molecule has 2 rings (SSSR count). The van der Waals surface area contributed by atoms with E-state index in [0.717, 1.165) is 12.1 Å². The van der Waals surface area contributed by atoms with Crippen molar-refractivity contribution in [3.63, 3.8) is 0 Å². The van der Waals surface area contributed by atoms with Crippen LogP contribution in [0.25, 0.3) is 0 Å². The third-order valence-corrected chi connectivity index (χ3v) is 4.07. The maximum absolute atomic E-state index is 10.9. The first-order valence-electron chi connectivity index (χ1n) is 6.16. The molecule has 6 heteroatoms. The molecule has 0 aliphatic carbocycles. The first-order chi connectivity index (χ1) is 8.90. The lowest BCUT2D eigenvalue weighted by Gasteiger charge is -2.42. The van der Waals surface area contributed by atoms with Crippen LogP contribution >= 0.6 is 15.9 Å². The molecule has 19 heavy (non-hydrogen) atoms. The zero-order chi connectivity index (χ0) is 14.0. The van der Waals surface area contributed by atoms with Gasteiger partial charge in [0.05, 0.1) is 22.6 Å². The van der Waals surface area contributed by atoms with Crippen molar-refractivity contribution in [3.05, 3.63) is 38.3 Å². The first-order valence-corrected chi connectivity index (χ1v) is 6.95. The highest BCUT2D eigenvalue weighted by molar-refractivity contribution is 9.10. The summed E-state index contributed by atoms with van der Waals surface area (Å²) in [5, 5.41) is 10.9. The van der Waals surface area contributed by atoms with Gasteiger partial charge in [-0.2, -0.15) is 0 Å². The Morgan fingerprint density at radius 3 is 2.89 bits per heavy atom. The average Bonchev–Trinajstić information content (AvgIpc) is 2.33. The number of halogens is 1. The molecule has 0 aromatic heterocycles. The molecular weight excluding hydrogens is 312 g/mol. The van der Waals surface area contributed by atoms with Crippen molar-refractivity contribution in [3.8, 4) is 0 Å². The summed E-state index contributed by atoms with van der Waals surface area (Å²) in [6.07, 6.45) is 0. The molecule has 0 radical (unpaired) electrons. The number of hydrogen-bond donors (Lipinski definition) is 0. The predicted molar refractivity (Wildman–Crippen MR) is 76.1 cm³/mol. The second kappa shape index (κ2) is 5.56. The van der Waals surface area contributed by atoms with Gasteiger partial charge in [-0.3, -0.25) is 15.0 Å². The lowest BCUT2D eigenvalue weighted by Crippen LogP contribution is -2.52. The van der Waals surface area contributed by atoms with Crippen molar-refractivity contribution < 1.29 is 9.66 Å². The van der Waals surface area contributed by atoms with Crippen molar-refractivity contribution in [2.24, 2.45) is 0 Å². The quantitative estimate of drug-likeness (QED) is 0.632. The Morgan fingerprint density at radius 2 is 2.26 bits per heavy atom. The number of benzene rings is 1. The molecule has 0 bridgehead atoms. The maximum Gasteiger partial charge on any atom is 0.283 e. The monoisotopic (exact) mass is 328 g/mol. The Kier molecular flexibility index (Phi) is 4.23. The van der Waals surface area contributed by atoms with E-state index in [1.54, 1.807) is 12.1 Å². The molecule has 0 amide bonds. The number of nitro benzene ring substituents is 1. The molecule has 0 saturated carbocycles. The summed E-state index contributed by atoms with van der Waals surface area (Å²) in [7, 11) is 0. The van der Waals surface area contributed by atoms with E-state index in [9.17, 15) is 10.1 Å². The van der Waals surface area contributed by atoms with Crippen molar-refractivity contribution in [2.75, 3.05) is 19.8 Å². The van der Waals surface area contributed by atoms with Crippen molar-refractivity contribution in [2.45, 2.75) is 25.9 Å². The number of hydrogen-bond acceptors (Lipinski definition) is 4. The normalized spacial score (nSPS) is 19.3. The SMILES string of the molecule is CC1(C)COCCN1Cc1ccc(Br)c([N+](=O)[O-])c1. The van der Waals surface area contributed by atoms with E-state index < -0.39 is 0 Å². The average molecular weight is 329 g/mol. The van der Waals surface area contributed by atoms with Gasteiger partial charge < -0.3 is 4.74 Å². The van der Waals surface area contributed by atoms with Crippen LogP contribution in [-0.2, 0) is 11.3 Å². The Balaban J connectivity index is 2.19. The van der Waals surface area contributed by atoms with Crippen LogP contribution in [0.4, 0.5) is 5.69 Å². The summed E-state index contributed by atoms with van der Waals surface area (Å²) < 4.78 is 5.99. The van der Waals surface area contributed by atoms with Gasteiger partial charge in [0, 0.05) is 24.7 Å². The Hall–Kier alpha value is -0.980. The fourth-order valence-electron chi connectivity index (χ4n) is 2.20. The van der Waals surface area contributed by atoms with Crippen LogP contribution < -0.4 is 0 Å². The van der Waals surface area contributed by atoms with Crippen LogP contribution in [0.1, 0.15) is 19.4 Å². The second-order valence-electron chi connectivity index (χ2n) is 5.33. The standard InChI is InChI=1S/C13H17BrN2O3/c1-13(2)9-19-6-5-15(13)8-10-3-4-11(14)12(7-10)16(17)18/h3-4,7H,5-6,8-9H2,1-2H3. The predicted octanol–water partition coefficient (Wildman–Crippen LogP) is 2.97. The fraction of sp³-hybridized carbons (Fsp3) is 0.538. The molecule has 104 valence electrons. The fourth-order valence-corrected chi connectivity index (χ4v) is 2.59. The second-order valence-corrected chi connectivity index (χ2v) is 6.18. The molecule has 0 unspecified atom stereocenters. The summed E-state index contributed by atoms with van der Waals surface area (Å²) in [4.78, 5) is 12.9. The maximum atomic E-state index is 10.9. The molecule has 1 aliphatic heterocycles. The van der Waals surface area contributed by atoms with Gasteiger partial charge in [-0.15, -0.1) is 0 Å². The number of morpholine rings is 1. The van der Waals surface area contributed by atoms with Gasteiger partial charge in [0.25, 0.3) is 5.69 Å². The van der Waals surface area contributed by atoms with Gasteiger partial charge >= 0.3 is 0 Å². The third kappa shape index (κ3) is 3.32. The summed E-state index contributed by atoms with van der Waals surface area (Å²) in [5.74, 6) is 0. The largest absolute Gasteiger partial charge is 0.378 e. The van der Waals surface area contributed by atoms with Crippen LogP contribution in [-0.4, -0.2) is 35.1 Å². The molecule has 1 aromatic rings. The topological polar surface area (TPSA) is 55.6 Å². The summed E-state index contributed by atoms with van der Waals surface area (Å²) in [6, 6.07) is 5.29. The minimum absolute atomic E-state index is 0.0416. The number of nitrogens with zero attached hydrogens (tertiary/aromatic N) is 2. The van der Waals surface area contributed by atoms with Gasteiger partial charge in [0.2, 0.25) is 0 Å². The van der Waals surface area contributed by atoms with E-state index in [1.807, 2.05) is 6.07 Å². The van der Waals surface area contributed by atoms with Crippen LogP contribution in [0.2, 0.25) is 0 Å². The summed E-state index contributed by atoms with van der Waals surface area (Å²) >= 11 is 3.20. The van der Waals surface area contributed by atoms with Crippen molar-refractivity contribution >= 4 is 21.6 Å². The number of nitro groups is 1. The summed E-state index contributed by atoms with van der Waals surface area (Å²) in [6.45, 7) is 7.19. The molecule has 1 heterocycles. The minimum Gasteiger partial charge on any atom is -0.378 e. The molecule has 1 aliphatic rings. The van der Waals surface area contributed by atoms with E-state index in [2.05, 4.69) is 34.7 Å². The minimum atomic E-state index is -0.363. The highest BCUT2D eigenvalue weighted by Crippen LogP contribution is 2.28. The molecule has 0 spiro atoms. The van der Waals surface area contributed by atoms with E-state index in [1.165, 1.54) is 0 Å². The third-order valence-electron chi connectivity index (χ3n) is 3.40. The Bertz CT molecular complexity index is 491. The van der Waals surface area contributed by atoms with Crippen LogP contribution in [0.5, 0.6) is 0 Å². The lowest BCUT2D eigenvalue weighted by molar-refractivity contribution is -0.385. The molecular formula is C13H17BrN2O3. The molecule has 1 aromatic carbocycles. The molecule has 1 saturated heterocycles. The first kappa shape index (κ1) is 14.4. The van der Waals surface area contributed by atoms with Gasteiger partial charge in [-0.25, -0.2) is 0 Å². The van der Waals surface area contributed by atoms with E-state index in [-0.39, 0.29) is 16.1 Å². The van der Waals surface area contributed by atoms with E-state index in [0.29, 0.717) is 24.2 Å². The van der Waals surface area contributed by atoms with Crippen LogP contribution in [0.3, 0.4) is 0 Å². The highest BCUT2D eigenvalue weighted by Gasteiger charge is 2.30. The van der Waals surface area contributed by atoms with Crippen LogP contribution in [0, 0.1) is 10.1 Å². The lowest BCUT2D eigenvalue weighted by atomic mass is 10.0. The molecule has 1 fully saturated rings. The Labute approximate surface area is 120 Å². The van der Waals surface area contributed by atoms with Crippen molar-refractivity contribution in [1.82, 2.24) is 4.90 Å². The zero-order valence-corrected chi connectivity index (χ0v) is 12.6. The highest BCUT2D eigenvalue weighted by atomic mass is 79.9. The molecule has 0 N–H and O–H groups in total.